The fraction of sp³-hybridized carbons (Fsp3) is 0.333. The van der Waals surface area contributed by atoms with E-state index in [-0.39, 0.29) is 26.2 Å². The Balaban J connectivity index is 2.40. The number of carbonyl (C=O) groups is 2. The highest BCUT2D eigenvalue weighted by molar-refractivity contribution is 6.30. The van der Waals surface area contributed by atoms with E-state index in [1.54, 1.807) is 24.3 Å². The van der Waals surface area contributed by atoms with E-state index in [1.165, 1.54) is 4.90 Å². The van der Waals surface area contributed by atoms with E-state index in [0.29, 0.717) is 10.8 Å². The predicted octanol–water partition coefficient (Wildman–Crippen LogP) is 1.19. The molecule has 1 aromatic rings. The van der Waals surface area contributed by atoms with E-state index in [9.17, 15) is 9.59 Å². The van der Waals surface area contributed by atoms with Crippen molar-refractivity contribution in [2.24, 2.45) is 0 Å². The van der Waals surface area contributed by atoms with Crippen LogP contribution in [0, 0.1) is 0 Å². The quantitative estimate of drug-likeness (QED) is 0.747. The number of aliphatic carboxylic acids is 2. The minimum atomic E-state index is -1.08. The molecule has 2 N–H and O–H groups in total. The molecule has 0 aliphatic heterocycles. The van der Waals surface area contributed by atoms with E-state index in [2.05, 4.69) is 0 Å². The van der Waals surface area contributed by atoms with Crippen LogP contribution in [0.25, 0.3) is 0 Å². The zero-order valence-electron chi connectivity index (χ0n) is 10.1. The smallest absolute Gasteiger partial charge is 0.317 e. The second-order valence-electron chi connectivity index (χ2n) is 3.80. The Morgan fingerprint density at radius 2 is 1.63 bits per heavy atom. The molecule has 0 fully saturated rings. The van der Waals surface area contributed by atoms with Gasteiger partial charge in [0.05, 0.1) is 13.1 Å². The first-order valence-electron chi connectivity index (χ1n) is 5.51. The molecule has 0 saturated heterocycles. The molecule has 0 spiro atoms. The number of carboxylic acids is 2. The fourth-order valence-corrected chi connectivity index (χ4v) is 1.55. The number of benzene rings is 1. The standard InChI is InChI=1S/C12H14ClNO5/c13-9-1-3-10(4-2-9)19-6-5-14(7-11(15)16)8-12(17)18/h1-4H,5-8H2,(H,15,16)(H,17,18). The zero-order valence-corrected chi connectivity index (χ0v) is 10.8. The van der Waals surface area contributed by atoms with Crippen molar-refractivity contribution in [3.8, 4) is 5.75 Å². The topological polar surface area (TPSA) is 87.1 Å². The van der Waals surface area contributed by atoms with E-state index >= 15 is 0 Å². The van der Waals surface area contributed by atoms with Gasteiger partial charge in [-0.05, 0) is 24.3 Å². The first-order valence-corrected chi connectivity index (χ1v) is 5.89. The van der Waals surface area contributed by atoms with Crippen molar-refractivity contribution in [2.75, 3.05) is 26.2 Å². The Morgan fingerprint density at radius 1 is 1.11 bits per heavy atom. The van der Waals surface area contributed by atoms with Gasteiger partial charge in [0.1, 0.15) is 12.4 Å². The molecule has 0 unspecified atom stereocenters. The largest absolute Gasteiger partial charge is 0.492 e. The summed E-state index contributed by atoms with van der Waals surface area (Å²) in [6.45, 7) is -0.268. The highest BCUT2D eigenvalue weighted by atomic mass is 35.5. The van der Waals surface area contributed by atoms with Crippen LogP contribution in [0.2, 0.25) is 5.02 Å². The van der Waals surface area contributed by atoms with Crippen LogP contribution in [0.3, 0.4) is 0 Å². The summed E-state index contributed by atoms with van der Waals surface area (Å²) in [5.41, 5.74) is 0. The summed E-state index contributed by atoms with van der Waals surface area (Å²) in [6.07, 6.45) is 0. The van der Waals surface area contributed by atoms with Gasteiger partial charge in [0.15, 0.2) is 0 Å². The summed E-state index contributed by atoms with van der Waals surface area (Å²) in [5, 5.41) is 17.9. The van der Waals surface area contributed by atoms with Gasteiger partial charge in [-0.1, -0.05) is 11.6 Å². The summed E-state index contributed by atoms with van der Waals surface area (Å²) in [6, 6.07) is 6.70. The number of carboxylic acid groups (broad SMARTS) is 2. The summed E-state index contributed by atoms with van der Waals surface area (Å²) >= 11 is 5.72. The maximum Gasteiger partial charge on any atom is 0.317 e. The molecular weight excluding hydrogens is 274 g/mol. The number of rotatable bonds is 8. The number of halogens is 1. The van der Waals surface area contributed by atoms with E-state index in [0.717, 1.165) is 0 Å². The first kappa shape index (κ1) is 15.3. The van der Waals surface area contributed by atoms with Crippen molar-refractivity contribution in [1.29, 1.82) is 0 Å². The van der Waals surface area contributed by atoms with E-state index in [1.807, 2.05) is 0 Å². The zero-order chi connectivity index (χ0) is 14.3. The monoisotopic (exact) mass is 287 g/mol. The average molecular weight is 288 g/mol. The highest BCUT2D eigenvalue weighted by Crippen LogP contribution is 2.15. The SMILES string of the molecule is O=C(O)CN(CCOc1ccc(Cl)cc1)CC(=O)O. The third kappa shape index (κ3) is 6.64. The van der Waals surface area contributed by atoms with Gasteiger partial charge in [0, 0.05) is 11.6 Å². The van der Waals surface area contributed by atoms with Gasteiger partial charge in [-0.3, -0.25) is 14.5 Å². The molecule has 7 heteroatoms. The molecule has 19 heavy (non-hydrogen) atoms. The number of hydrogen-bond acceptors (Lipinski definition) is 4. The van der Waals surface area contributed by atoms with Crippen LogP contribution < -0.4 is 4.74 Å². The molecule has 0 heterocycles. The second-order valence-corrected chi connectivity index (χ2v) is 4.24. The Kier molecular flexibility index (Phi) is 6.11. The fourth-order valence-electron chi connectivity index (χ4n) is 1.42. The van der Waals surface area contributed by atoms with Crippen molar-refractivity contribution in [2.45, 2.75) is 0 Å². The lowest BCUT2D eigenvalue weighted by atomic mass is 10.3. The lowest BCUT2D eigenvalue weighted by Gasteiger charge is -2.17. The van der Waals surface area contributed by atoms with Crippen LogP contribution in [0.5, 0.6) is 5.75 Å². The Hall–Kier alpha value is -1.79. The van der Waals surface area contributed by atoms with Crippen LogP contribution in [0.1, 0.15) is 0 Å². The summed E-state index contributed by atoms with van der Waals surface area (Å²) < 4.78 is 5.37. The molecule has 0 amide bonds. The molecule has 1 aromatic carbocycles. The summed E-state index contributed by atoms with van der Waals surface area (Å²) in [5.74, 6) is -1.56. The van der Waals surface area contributed by atoms with Crippen LogP contribution in [-0.4, -0.2) is 53.3 Å². The van der Waals surface area contributed by atoms with Crippen LogP contribution >= 0.6 is 11.6 Å². The van der Waals surface area contributed by atoms with Crippen molar-refractivity contribution in [3.05, 3.63) is 29.3 Å². The normalized spacial score (nSPS) is 10.4. The molecule has 0 saturated carbocycles. The summed E-state index contributed by atoms with van der Waals surface area (Å²) in [4.78, 5) is 22.4. The van der Waals surface area contributed by atoms with Gasteiger partial charge in [0.2, 0.25) is 0 Å². The molecule has 104 valence electrons. The lowest BCUT2D eigenvalue weighted by Crippen LogP contribution is -2.37. The van der Waals surface area contributed by atoms with Gasteiger partial charge in [-0.2, -0.15) is 0 Å². The Morgan fingerprint density at radius 3 is 2.11 bits per heavy atom. The van der Waals surface area contributed by atoms with Gasteiger partial charge in [-0.15, -0.1) is 0 Å². The van der Waals surface area contributed by atoms with Crippen molar-refractivity contribution in [3.63, 3.8) is 0 Å². The van der Waals surface area contributed by atoms with Crippen LogP contribution in [0.4, 0.5) is 0 Å². The van der Waals surface area contributed by atoms with Crippen molar-refractivity contribution < 1.29 is 24.5 Å². The molecule has 0 aliphatic carbocycles. The third-order valence-electron chi connectivity index (χ3n) is 2.21. The Bertz CT molecular complexity index is 418. The molecule has 0 atom stereocenters. The van der Waals surface area contributed by atoms with E-state index in [4.69, 9.17) is 26.6 Å². The van der Waals surface area contributed by atoms with Gasteiger partial charge in [0.25, 0.3) is 0 Å². The minimum Gasteiger partial charge on any atom is -0.492 e. The predicted molar refractivity (Wildman–Crippen MR) is 68.7 cm³/mol. The molecule has 1 rings (SSSR count). The van der Waals surface area contributed by atoms with Gasteiger partial charge in [-0.25, -0.2) is 0 Å². The number of ether oxygens (including phenoxy) is 1. The lowest BCUT2D eigenvalue weighted by molar-refractivity contribution is -0.141. The maximum absolute atomic E-state index is 10.6. The second kappa shape index (κ2) is 7.60. The summed E-state index contributed by atoms with van der Waals surface area (Å²) in [7, 11) is 0. The highest BCUT2D eigenvalue weighted by Gasteiger charge is 2.13. The van der Waals surface area contributed by atoms with Crippen molar-refractivity contribution in [1.82, 2.24) is 4.90 Å². The van der Waals surface area contributed by atoms with E-state index < -0.39 is 11.9 Å². The third-order valence-corrected chi connectivity index (χ3v) is 2.46. The molecule has 0 aromatic heterocycles. The van der Waals surface area contributed by atoms with Gasteiger partial charge < -0.3 is 14.9 Å². The molecular formula is C12H14ClNO5. The first-order chi connectivity index (χ1) is 8.97. The van der Waals surface area contributed by atoms with Crippen LogP contribution in [0.15, 0.2) is 24.3 Å². The molecule has 0 radical (unpaired) electrons. The minimum absolute atomic E-state index is 0.197. The molecule has 0 aliphatic rings. The number of hydrogen-bond donors (Lipinski definition) is 2. The van der Waals surface area contributed by atoms with Crippen LogP contribution in [-0.2, 0) is 9.59 Å². The molecule has 0 bridgehead atoms. The molecule has 6 nitrogen and oxygen atoms in total. The van der Waals surface area contributed by atoms with Crippen molar-refractivity contribution >= 4 is 23.5 Å². The average Bonchev–Trinajstić information content (AvgIpc) is 2.30. The maximum atomic E-state index is 10.6. The van der Waals surface area contributed by atoms with Gasteiger partial charge >= 0.3 is 11.9 Å². The number of nitrogens with zero attached hydrogens (tertiary/aromatic N) is 1. The Labute approximate surface area is 115 Å².